The van der Waals surface area contributed by atoms with Crippen LogP contribution in [0, 0.1) is 42.4 Å². The van der Waals surface area contributed by atoms with Crippen molar-refractivity contribution in [1.29, 1.82) is 5.26 Å². The van der Waals surface area contributed by atoms with Crippen molar-refractivity contribution in [3.8, 4) is 17.6 Å². The predicted octanol–water partition coefficient (Wildman–Crippen LogP) is 9.25. The van der Waals surface area contributed by atoms with Gasteiger partial charge in [-0.3, -0.25) is 19.6 Å². The summed E-state index contributed by atoms with van der Waals surface area (Å²) in [7, 11) is 4.44. The van der Waals surface area contributed by atoms with Gasteiger partial charge in [-0.05, 0) is 108 Å². The molecule has 58 heavy (non-hydrogen) atoms. The van der Waals surface area contributed by atoms with E-state index in [1.165, 1.54) is 27.9 Å². The molecule has 1 saturated heterocycles. The van der Waals surface area contributed by atoms with Crippen molar-refractivity contribution in [2.24, 2.45) is 0 Å². The summed E-state index contributed by atoms with van der Waals surface area (Å²) < 4.78 is 0. The van der Waals surface area contributed by atoms with E-state index < -0.39 is 0 Å². The summed E-state index contributed by atoms with van der Waals surface area (Å²) in [6.45, 7) is 36.9. The van der Waals surface area contributed by atoms with Crippen LogP contribution in [0.3, 0.4) is 0 Å². The first kappa shape index (κ1) is 57.1. The van der Waals surface area contributed by atoms with Gasteiger partial charge in [0.15, 0.2) is 0 Å². The van der Waals surface area contributed by atoms with Crippen LogP contribution in [0.15, 0.2) is 24.3 Å². The van der Waals surface area contributed by atoms with Crippen molar-refractivity contribution in [2.45, 2.75) is 138 Å². The SMILES string of the molecule is CC#N.CN1CCCN(Cc2cc(C(C)(C)C)cc(C(C)(C)C)c2[O-])CCN(C)CCCN(Cc2cc(C(C)(C)C)cc(C(C)(C)C)c2[O-])CC1.[N-]=[N+]=[N-].[N-]=[N+]=[N-].[U+4]. The number of hydrogen-bond donors (Lipinski definition) is 0. The van der Waals surface area contributed by atoms with Crippen LogP contribution in [-0.2, 0) is 34.7 Å². The van der Waals surface area contributed by atoms with Gasteiger partial charge in [-0.15, -0.1) is 11.5 Å². The average Bonchev–Trinajstić information content (AvgIpc) is 3.06. The van der Waals surface area contributed by atoms with Crippen molar-refractivity contribution in [1.82, 2.24) is 19.6 Å². The van der Waals surface area contributed by atoms with Gasteiger partial charge >= 0.3 is 31.1 Å². The van der Waals surface area contributed by atoms with Crippen LogP contribution < -0.4 is 10.2 Å². The maximum atomic E-state index is 13.8. The molecule has 14 heteroatoms. The monoisotopic (exact) mass is 1030 g/mol. The van der Waals surface area contributed by atoms with Crippen molar-refractivity contribution in [3.05, 3.63) is 89.6 Å². The molecule has 3 rings (SSSR count). The normalized spacial score (nSPS) is 15.8. The summed E-state index contributed by atoms with van der Waals surface area (Å²) in [6, 6.07) is 10.4. The molecule has 0 bridgehead atoms. The van der Waals surface area contributed by atoms with Crippen LogP contribution in [0.1, 0.15) is 136 Å². The van der Waals surface area contributed by atoms with Crippen molar-refractivity contribution >= 4 is 0 Å². The van der Waals surface area contributed by atoms with E-state index in [9.17, 15) is 10.2 Å². The Hall–Kier alpha value is -2.96. The predicted molar refractivity (Wildman–Crippen MR) is 233 cm³/mol. The summed E-state index contributed by atoms with van der Waals surface area (Å²) >= 11 is 0. The first-order chi connectivity index (χ1) is 26.2. The van der Waals surface area contributed by atoms with Gasteiger partial charge in [-0.2, -0.15) is 5.26 Å². The standard InChI is InChI=1S/C42H72N4O2.C2H3N.2N3.U/c1-39(2,3)33-25-31(37(47)35(27-33)41(7,8)9)29-45-19-15-17-44(14)22-24-46(20-16-18-43(13)21-23-45)30-32-26-34(40(4,5)6)28-36(38(32)48)42(10,11)12;1-2-3;2*1-3-2;/h25-28,47-48H,15-24,29-30H2,1-14H3;1H3;;;/q;;2*-1;+4/p-2. The third-order valence-electron chi connectivity index (χ3n) is 10.1. The van der Waals surface area contributed by atoms with Crippen LogP contribution in [0.2, 0.25) is 0 Å². The average molecular weight is 1030 g/mol. The topological polar surface area (TPSA) is 200 Å². The molecule has 2 aromatic carbocycles. The summed E-state index contributed by atoms with van der Waals surface area (Å²) in [5, 5.41) is 34.9. The van der Waals surface area contributed by atoms with E-state index in [4.69, 9.17) is 27.4 Å². The van der Waals surface area contributed by atoms with E-state index in [2.05, 4.69) is 141 Å². The fourth-order valence-corrected chi connectivity index (χ4v) is 6.59. The summed E-state index contributed by atoms with van der Waals surface area (Å²) in [5.74, 6) is 0.425. The van der Waals surface area contributed by atoms with E-state index in [0.29, 0.717) is 13.1 Å². The molecule has 1 heterocycles. The van der Waals surface area contributed by atoms with Gasteiger partial charge in [0.1, 0.15) is 0 Å². The largest absolute Gasteiger partial charge is 4.00 e. The Kier molecular flexibility index (Phi) is 25.9. The minimum atomic E-state index is -0.192. The quantitative estimate of drug-likeness (QED) is 0.165. The first-order valence-electron chi connectivity index (χ1n) is 20.0. The Morgan fingerprint density at radius 2 is 0.828 bits per heavy atom. The molecule has 0 saturated carbocycles. The molecule has 0 spiro atoms. The zero-order chi connectivity index (χ0) is 44.4. The third-order valence-corrected chi connectivity index (χ3v) is 10.1. The molecule has 0 aromatic heterocycles. The number of nitriles is 1. The van der Waals surface area contributed by atoms with E-state index in [1.54, 1.807) is 6.07 Å². The van der Waals surface area contributed by atoms with Gasteiger partial charge in [-0.1, -0.05) is 107 Å². The number of rotatable bonds is 4. The molecule has 1 aliphatic rings. The maximum absolute atomic E-state index is 13.8. The fraction of sp³-hybridized carbons (Fsp3) is 0.705. The molecule has 2 aromatic rings. The van der Waals surface area contributed by atoms with Crippen LogP contribution in [0.4, 0.5) is 0 Å². The molecule has 1 fully saturated rings. The van der Waals surface area contributed by atoms with Gasteiger partial charge in [0.05, 0.1) is 6.07 Å². The second-order valence-corrected chi connectivity index (χ2v) is 19.3. The molecule has 0 atom stereocenters. The molecule has 0 radical (unpaired) electrons. The second-order valence-electron chi connectivity index (χ2n) is 19.3. The Balaban J connectivity index is 0. The van der Waals surface area contributed by atoms with Crippen LogP contribution in [0.5, 0.6) is 11.5 Å². The van der Waals surface area contributed by atoms with Gasteiger partial charge in [0.2, 0.25) is 0 Å². The van der Waals surface area contributed by atoms with Crippen molar-refractivity contribution in [2.75, 3.05) is 66.5 Å². The summed E-state index contributed by atoms with van der Waals surface area (Å²) in [5.41, 5.74) is 32.8. The molecular formula is C44H73N11O2U. The van der Waals surface area contributed by atoms with E-state index in [1.807, 2.05) is 0 Å². The fourth-order valence-electron chi connectivity index (χ4n) is 6.59. The van der Waals surface area contributed by atoms with Gasteiger partial charge in [-0.25, -0.2) is 0 Å². The zero-order valence-electron chi connectivity index (χ0n) is 38.5. The number of benzene rings is 2. The van der Waals surface area contributed by atoms with Crippen molar-refractivity contribution < 1.29 is 41.3 Å². The molecule has 0 aliphatic carbocycles. The Labute approximate surface area is 375 Å². The Morgan fingerprint density at radius 1 is 0.552 bits per heavy atom. The smallest absolute Gasteiger partial charge is 0.872 e. The van der Waals surface area contributed by atoms with Crippen LogP contribution in [0.25, 0.3) is 31.9 Å². The molecular weight excluding hydrogens is 953 g/mol. The molecule has 0 unspecified atom stereocenters. The van der Waals surface area contributed by atoms with Gasteiger partial charge in [0.25, 0.3) is 0 Å². The second kappa shape index (κ2) is 26.3. The van der Waals surface area contributed by atoms with E-state index >= 15 is 0 Å². The van der Waals surface area contributed by atoms with E-state index in [0.717, 1.165) is 87.5 Å². The molecule has 13 nitrogen and oxygen atoms in total. The minimum Gasteiger partial charge on any atom is -0.872 e. The molecule has 320 valence electrons. The molecule has 0 N–H and O–H groups in total. The third kappa shape index (κ3) is 20.8. The minimum absolute atomic E-state index is 0. The molecule has 0 amide bonds. The Morgan fingerprint density at radius 3 is 1.07 bits per heavy atom. The van der Waals surface area contributed by atoms with E-state index in [-0.39, 0.29) is 64.3 Å². The maximum Gasteiger partial charge on any atom is 4.00 e. The summed E-state index contributed by atoms with van der Waals surface area (Å²) in [6.07, 6.45) is 2.10. The number of nitrogens with zero attached hydrogens (tertiary/aromatic N) is 11. The van der Waals surface area contributed by atoms with Crippen molar-refractivity contribution in [3.63, 3.8) is 0 Å². The number of hydrogen-bond acceptors (Lipinski definition) is 7. The summed E-state index contributed by atoms with van der Waals surface area (Å²) in [4.78, 5) is 12.9. The van der Waals surface area contributed by atoms with Gasteiger partial charge < -0.3 is 42.1 Å². The zero-order valence-corrected chi connectivity index (χ0v) is 42.7. The van der Waals surface area contributed by atoms with Gasteiger partial charge in [0, 0.05) is 46.2 Å². The van der Waals surface area contributed by atoms with Crippen LogP contribution >= 0.6 is 0 Å². The Bertz CT molecular complexity index is 1520. The number of likely N-dealkylation sites (N-methyl/N-ethyl adjacent to an activating group) is 2. The first-order valence-corrected chi connectivity index (χ1v) is 20.0. The molecule has 1 aliphatic heterocycles. The van der Waals surface area contributed by atoms with Crippen LogP contribution in [-0.4, -0.2) is 86.1 Å².